The minimum Gasteiger partial charge on any atom is -0.378 e. The van der Waals surface area contributed by atoms with Gasteiger partial charge in [0, 0.05) is 42.1 Å². The first-order valence-corrected chi connectivity index (χ1v) is 9.12. The van der Waals surface area contributed by atoms with Crippen LogP contribution in [0.2, 0.25) is 0 Å². The van der Waals surface area contributed by atoms with E-state index in [0.717, 1.165) is 61.8 Å². The number of amides is 1. The smallest absolute Gasteiger partial charge is 0.272 e. The summed E-state index contributed by atoms with van der Waals surface area (Å²) in [7, 11) is 0. The first-order chi connectivity index (χ1) is 12.6. The molecule has 1 aliphatic carbocycles. The summed E-state index contributed by atoms with van der Waals surface area (Å²) in [5, 5.41) is 2.93. The molecular weight excluding hydrogens is 330 g/mol. The minimum atomic E-state index is -0.205. The number of ketones is 1. The number of hydrogen-bond donors (Lipinski definition) is 2. The zero-order valence-corrected chi connectivity index (χ0v) is 14.9. The molecule has 1 aromatic carbocycles. The Morgan fingerprint density at radius 1 is 1.15 bits per heavy atom. The van der Waals surface area contributed by atoms with Crippen molar-refractivity contribution in [3.63, 3.8) is 0 Å². The highest BCUT2D eigenvalue weighted by atomic mass is 16.5. The number of nitrogens with zero attached hydrogens (tertiary/aromatic N) is 1. The summed E-state index contributed by atoms with van der Waals surface area (Å²) in [6.07, 6.45) is 2.23. The van der Waals surface area contributed by atoms with Crippen LogP contribution in [-0.4, -0.2) is 43.0 Å². The predicted molar refractivity (Wildman–Crippen MR) is 100 cm³/mol. The average Bonchev–Trinajstić information content (AvgIpc) is 3.01. The van der Waals surface area contributed by atoms with Crippen molar-refractivity contribution in [2.45, 2.75) is 26.2 Å². The molecule has 6 heteroatoms. The number of Topliss-reactive ketones (excluding diaryl/α,β-unsaturated/α-hetero) is 1. The molecule has 2 N–H and O–H groups in total. The van der Waals surface area contributed by atoms with Gasteiger partial charge in [0.05, 0.1) is 13.2 Å². The van der Waals surface area contributed by atoms with Gasteiger partial charge >= 0.3 is 0 Å². The number of carbonyl (C=O) groups is 2. The molecule has 136 valence electrons. The highest BCUT2D eigenvalue weighted by molar-refractivity contribution is 6.08. The lowest BCUT2D eigenvalue weighted by atomic mass is 9.94. The zero-order valence-electron chi connectivity index (χ0n) is 14.9. The van der Waals surface area contributed by atoms with E-state index in [4.69, 9.17) is 4.74 Å². The van der Waals surface area contributed by atoms with E-state index in [0.29, 0.717) is 17.7 Å². The van der Waals surface area contributed by atoms with Crippen molar-refractivity contribution in [1.29, 1.82) is 0 Å². The quantitative estimate of drug-likeness (QED) is 0.890. The highest BCUT2D eigenvalue weighted by Gasteiger charge is 2.26. The van der Waals surface area contributed by atoms with Crippen LogP contribution in [0.5, 0.6) is 0 Å². The van der Waals surface area contributed by atoms with Crippen LogP contribution < -0.4 is 10.2 Å². The molecule has 2 aliphatic rings. The highest BCUT2D eigenvalue weighted by Crippen LogP contribution is 2.27. The minimum absolute atomic E-state index is 0.133. The standard InChI is InChI=1S/C20H23N3O3/c1-13-18-16(3-2-4-17(18)24)22-19(13)20(25)21-14-5-7-15(8-6-14)23-9-11-26-12-10-23/h5-8,22H,2-4,9-12H2,1H3,(H,21,25). The van der Waals surface area contributed by atoms with E-state index in [2.05, 4.69) is 15.2 Å². The van der Waals surface area contributed by atoms with Gasteiger partial charge in [0.15, 0.2) is 5.78 Å². The Bertz CT molecular complexity index is 833. The van der Waals surface area contributed by atoms with Crippen molar-refractivity contribution in [3.8, 4) is 0 Å². The number of nitrogens with one attached hydrogen (secondary N) is 2. The average molecular weight is 353 g/mol. The van der Waals surface area contributed by atoms with Crippen LogP contribution in [0.1, 0.15) is 44.9 Å². The van der Waals surface area contributed by atoms with Crippen LogP contribution in [0, 0.1) is 6.92 Å². The van der Waals surface area contributed by atoms with Gasteiger partial charge in [0.25, 0.3) is 5.91 Å². The number of rotatable bonds is 3. The van der Waals surface area contributed by atoms with Gasteiger partial charge in [-0.3, -0.25) is 9.59 Å². The summed E-state index contributed by atoms with van der Waals surface area (Å²) < 4.78 is 5.37. The Morgan fingerprint density at radius 2 is 1.88 bits per heavy atom. The second kappa shape index (κ2) is 6.96. The molecule has 0 unspecified atom stereocenters. The van der Waals surface area contributed by atoms with Gasteiger partial charge in [-0.1, -0.05) is 0 Å². The molecule has 26 heavy (non-hydrogen) atoms. The van der Waals surface area contributed by atoms with Crippen LogP contribution >= 0.6 is 0 Å². The summed E-state index contributed by atoms with van der Waals surface area (Å²) >= 11 is 0. The second-order valence-electron chi connectivity index (χ2n) is 6.86. The number of fused-ring (bicyclic) bond motifs is 1. The maximum Gasteiger partial charge on any atom is 0.272 e. The van der Waals surface area contributed by atoms with Gasteiger partial charge in [0.1, 0.15) is 5.69 Å². The van der Waals surface area contributed by atoms with Crippen LogP contribution in [0.25, 0.3) is 0 Å². The fourth-order valence-corrected chi connectivity index (χ4v) is 3.77. The number of aryl methyl sites for hydroxylation is 1. The molecule has 6 nitrogen and oxygen atoms in total. The summed E-state index contributed by atoms with van der Waals surface area (Å²) in [5.74, 6) is -0.0715. The maximum absolute atomic E-state index is 12.7. The van der Waals surface area contributed by atoms with E-state index < -0.39 is 0 Å². The first-order valence-electron chi connectivity index (χ1n) is 9.12. The summed E-state index contributed by atoms with van der Waals surface area (Å²) in [6.45, 7) is 5.09. The van der Waals surface area contributed by atoms with E-state index in [1.165, 1.54) is 0 Å². The van der Waals surface area contributed by atoms with Crippen molar-refractivity contribution in [3.05, 3.63) is 46.8 Å². The third kappa shape index (κ3) is 3.12. The van der Waals surface area contributed by atoms with Crippen molar-refractivity contribution >= 4 is 23.1 Å². The third-order valence-corrected chi connectivity index (χ3v) is 5.17. The molecule has 2 heterocycles. The lowest BCUT2D eigenvalue weighted by Gasteiger charge is -2.28. The molecule has 1 amide bonds. The monoisotopic (exact) mass is 353 g/mol. The van der Waals surface area contributed by atoms with Gasteiger partial charge in [-0.2, -0.15) is 0 Å². The van der Waals surface area contributed by atoms with Crippen LogP contribution in [0.3, 0.4) is 0 Å². The van der Waals surface area contributed by atoms with Crippen molar-refractivity contribution in [2.24, 2.45) is 0 Å². The number of anilines is 2. The van der Waals surface area contributed by atoms with E-state index in [-0.39, 0.29) is 11.7 Å². The largest absolute Gasteiger partial charge is 0.378 e. The number of aromatic amines is 1. The number of hydrogen-bond acceptors (Lipinski definition) is 4. The number of ether oxygens (including phenoxy) is 1. The number of carbonyl (C=O) groups excluding carboxylic acids is 2. The summed E-state index contributed by atoms with van der Waals surface area (Å²) in [6, 6.07) is 7.84. The fraction of sp³-hybridized carbons (Fsp3) is 0.400. The molecule has 0 saturated carbocycles. The zero-order chi connectivity index (χ0) is 18.1. The molecule has 0 atom stereocenters. The molecule has 0 spiro atoms. The molecule has 1 aliphatic heterocycles. The predicted octanol–water partition coefficient (Wildman–Crippen LogP) is 2.93. The Hall–Kier alpha value is -2.60. The molecule has 0 radical (unpaired) electrons. The van der Waals surface area contributed by atoms with Crippen molar-refractivity contribution in [2.75, 3.05) is 36.5 Å². The number of morpholine rings is 1. The second-order valence-corrected chi connectivity index (χ2v) is 6.86. The Kier molecular flexibility index (Phi) is 4.51. The molecule has 1 aromatic heterocycles. The maximum atomic E-state index is 12.7. The first kappa shape index (κ1) is 16.8. The Balaban J connectivity index is 1.49. The van der Waals surface area contributed by atoms with E-state index in [1.807, 2.05) is 31.2 Å². The molecular formula is C20H23N3O3. The van der Waals surface area contributed by atoms with Gasteiger partial charge in [-0.25, -0.2) is 0 Å². The van der Waals surface area contributed by atoms with Crippen LogP contribution in [-0.2, 0) is 11.2 Å². The van der Waals surface area contributed by atoms with Gasteiger partial charge in [-0.05, 0) is 49.6 Å². The summed E-state index contributed by atoms with van der Waals surface area (Å²) in [4.78, 5) is 30.2. The van der Waals surface area contributed by atoms with Crippen LogP contribution in [0.15, 0.2) is 24.3 Å². The van der Waals surface area contributed by atoms with Gasteiger partial charge in [-0.15, -0.1) is 0 Å². The lowest BCUT2D eigenvalue weighted by Crippen LogP contribution is -2.36. The Morgan fingerprint density at radius 3 is 2.58 bits per heavy atom. The van der Waals surface area contributed by atoms with Gasteiger partial charge in [0.2, 0.25) is 0 Å². The molecule has 1 fully saturated rings. The van der Waals surface area contributed by atoms with E-state index in [9.17, 15) is 9.59 Å². The Labute approximate surface area is 152 Å². The topological polar surface area (TPSA) is 74.4 Å². The van der Waals surface area contributed by atoms with Crippen molar-refractivity contribution < 1.29 is 14.3 Å². The number of benzene rings is 1. The molecule has 2 aromatic rings. The van der Waals surface area contributed by atoms with E-state index in [1.54, 1.807) is 0 Å². The molecule has 0 bridgehead atoms. The lowest BCUT2D eigenvalue weighted by molar-refractivity contribution is 0.0971. The molecule has 4 rings (SSSR count). The number of H-pyrrole nitrogens is 1. The normalized spacial score (nSPS) is 17.1. The van der Waals surface area contributed by atoms with Crippen LogP contribution in [0.4, 0.5) is 11.4 Å². The fourth-order valence-electron chi connectivity index (χ4n) is 3.77. The summed E-state index contributed by atoms with van der Waals surface area (Å²) in [5.41, 5.74) is 4.72. The molecule has 1 saturated heterocycles. The van der Waals surface area contributed by atoms with E-state index >= 15 is 0 Å². The van der Waals surface area contributed by atoms with Gasteiger partial charge < -0.3 is 19.9 Å². The third-order valence-electron chi connectivity index (χ3n) is 5.17. The number of aromatic nitrogens is 1. The SMILES string of the molecule is Cc1c(C(=O)Nc2ccc(N3CCOCC3)cc2)[nH]c2c1C(=O)CCC2. The van der Waals surface area contributed by atoms with Crippen molar-refractivity contribution in [1.82, 2.24) is 4.98 Å².